The fourth-order valence-corrected chi connectivity index (χ4v) is 3.87. The SMILES string of the molecule is Cc1csc2c1CN(CCC1CCOC1=O)CC2. The van der Waals surface area contributed by atoms with Crippen LogP contribution in [-0.2, 0) is 22.5 Å². The van der Waals surface area contributed by atoms with Crippen molar-refractivity contribution in [2.75, 3.05) is 19.7 Å². The van der Waals surface area contributed by atoms with Gasteiger partial charge in [0.05, 0.1) is 12.5 Å². The van der Waals surface area contributed by atoms with Crippen molar-refractivity contribution in [1.29, 1.82) is 0 Å². The van der Waals surface area contributed by atoms with Crippen LogP contribution < -0.4 is 0 Å². The van der Waals surface area contributed by atoms with Crippen molar-refractivity contribution in [3.63, 3.8) is 0 Å². The highest BCUT2D eigenvalue weighted by atomic mass is 32.1. The lowest BCUT2D eigenvalue weighted by Gasteiger charge is -2.27. The van der Waals surface area contributed by atoms with E-state index in [9.17, 15) is 4.79 Å². The lowest BCUT2D eigenvalue weighted by Crippen LogP contribution is -2.32. The van der Waals surface area contributed by atoms with Crippen LogP contribution in [0.5, 0.6) is 0 Å². The molecule has 0 aromatic carbocycles. The Hall–Kier alpha value is -0.870. The summed E-state index contributed by atoms with van der Waals surface area (Å²) in [4.78, 5) is 15.5. The van der Waals surface area contributed by atoms with Crippen LogP contribution in [0.2, 0.25) is 0 Å². The molecule has 2 aliphatic heterocycles. The number of fused-ring (bicyclic) bond motifs is 1. The minimum absolute atomic E-state index is 0.0133. The highest BCUT2D eigenvalue weighted by Gasteiger charge is 2.27. The van der Waals surface area contributed by atoms with Crippen LogP contribution in [0.3, 0.4) is 0 Å². The van der Waals surface area contributed by atoms with Gasteiger partial charge in [-0.25, -0.2) is 0 Å². The van der Waals surface area contributed by atoms with Gasteiger partial charge in [0, 0.05) is 18.0 Å². The highest BCUT2D eigenvalue weighted by Crippen LogP contribution is 2.28. The molecule has 1 atom stereocenters. The molecule has 0 N–H and O–H groups in total. The predicted molar refractivity (Wildman–Crippen MR) is 71.7 cm³/mol. The molecule has 3 heterocycles. The molecule has 0 bridgehead atoms. The van der Waals surface area contributed by atoms with Crippen LogP contribution in [0.4, 0.5) is 0 Å². The van der Waals surface area contributed by atoms with Crippen LogP contribution in [-0.4, -0.2) is 30.6 Å². The van der Waals surface area contributed by atoms with Gasteiger partial charge in [0.1, 0.15) is 0 Å². The van der Waals surface area contributed by atoms with E-state index in [1.54, 1.807) is 4.88 Å². The Morgan fingerprint density at radius 2 is 2.44 bits per heavy atom. The molecular weight excluding hydrogens is 246 g/mol. The molecule has 1 aromatic rings. The number of esters is 1. The Balaban J connectivity index is 1.56. The van der Waals surface area contributed by atoms with Gasteiger partial charge in [-0.1, -0.05) is 0 Å². The number of nitrogens with zero attached hydrogens (tertiary/aromatic N) is 1. The number of cyclic esters (lactones) is 1. The molecule has 3 rings (SSSR count). The normalized spacial score (nSPS) is 24.1. The quantitative estimate of drug-likeness (QED) is 0.786. The molecule has 0 radical (unpaired) electrons. The van der Waals surface area contributed by atoms with Crippen molar-refractivity contribution in [2.24, 2.45) is 5.92 Å². The molecule has 3 nitrogen and oxygen atoms in total. The number of aryl methyl sites for hydroxylation is 1. The van der Waals surface area contributed by atoms with E-state index in [1.807, 2.05) is 11.3 Å². The highest BCUT2D eigenvalue weighted by molar-refractivity contribution is 7.10. The number of ether oxygens (including phenoxy) is 1. The van der Waals surface area contributed by atoms with Crippen molar-refractivity contribution >= 4 is 17.3 Å². The summed E-state index contributed by atoms with van der Waals surface area (Å²) in [6.45, 7) is 6.04. The van der Waals surface area contributed by atoms with Crippen molar-refractivity contribution in [1.82, 2.24) is 4.90 Å². The molecule has 1 aromatic heterocycles. The topological polar surface area (TPSA) is 29.5 Å². The molecule has 1 fully saturated rings. The van der Waals surface area contributed by atoms with Crippen molar-refractivity contribution < 1.29 is 9.53 Å². The van der Waals surface area contributed by atoms with Gasteiger partial charge in [-0.15, -0.1) is 11.3 Å². The molecule has 0 spiro atoms. The zero-order chi connectivity index (χ0) is 12.5. The maximum absolute atomic E-state index is 11.4. The predicted octanol–water partition coefficient (Wildman–Crippen LogP) is 2.37. The molecule has 0 saturated carbocycles. The molecule has 18 heavy (non-hydrogen) atoms. The monoisotopic (exact) mass is 265 g/mol. The largest absolute Gasteiger partial charge is 0.465 e. The van der Waals surface area contributed by atoms with E-state index in [0.29, 0.717) is 6.61 Å². The Kier molecular flexibility index (Phi) is 3.39. The van der Waals surface area contributed by atoms with Gasteiger partial charge in [-0.05, 0) is 49.2 Å². The second-order valence-electron chi connectivity index (χ2n) is 5.29. The third kappa shape index (κ3) is 2.31. The smallest absolute Gasteiger partial charge is 0.309 e. The lowest BCUT2D eigenvalue weighted by molar-refractivity contribution is -0.141. The van der Waals surface area contributed by atoms with Gasteiger partial charge < -0.3 is 4.74 Å². The summed E-state index contributed by atoms with van der Waals surface area (Å²) in [6, 6.07) is 0. The number of hydrogen-bond acceptors (Lipinski definition) is 4. The minimum Gasteiger partial charge on any atom is -0.465 e. The number of carbonyl (C=O) groups is 1. The Morgan fingerprint density at radius 3 is 3.22 bits per heavy atom. The molecule has 98 valence electrons. The summed E-state index contributed by atoms with van der Waals surface area (Å²) in [6.07, 6.45) is 3.04. The van der Waals surface area contributed by atoms with Gasteiger partial charge in [0.25, 0.3) is 0 Å². The van der Waals surface area contributed by atoms with E-state index in [2.05, 4.69) is 17.2 Å². The van der Waals surface area contributed by atoms with Crippen molar-refractivity contribution in [2.45, 2.75) is 32.7 Å². The lowest BCUT2D eigenvalue weighted by atomic mass is 10.0. The van der Waals surface area contributed by atoms with E-state index in [4.69, 9.17) is 4.74 Å². The second kappa shape index (κ2) is 5.02. The first-order valence-corrected chi connectivity index (χ1v) is 7.57. The van der Waals surface area contributed by atoms with E-state index in [-0.39, 0.29) is 11.9 Å². The first-order chi connectivity index (χ1) is 8.74. The first kappa shape index (κ1) is 12.2. The molecule has 1 unspecified atom stereocenters. The summed E-state index contributed by atoms with van der Waals surface area (Å²) >= 11 is 1.90. The van der Waals surface area contributed by atoms with Crippen LogP contribution in [0, 0.1) is 12.8 Å². The van der Waals surface area contributed by atoms with E-state index in [1.165, 1.54) is 17.5 Å². The Bertz CT molecular complexity index is 455. The second-order valence-corrected chi connectivity index (χ2v) is 6.25. The molecule has 1 saturated heterocycles. The zero-order valence-corrected chi connectivity index (χ0v) is 11.6. The third-order valence-corrected chi connectivity index (χ3v) is 5.27. The zero-order valence-electron chi connectivity index (χ0n) is 10.8. The number of thiophene rings is 1. The number of rotatable bonds is 3. The Morgan fingerprint density at radius 1 is 1.56 bits per heavy atom. The summed E-state index contributed by atoms with van der Waals surface area (Å²) < 4.78 is 5.01. The molecule has 0 aliphatic carbocycles. The number of carbonyl (C=O) groups excluding carboxylic acids is 1. The van der Waals surface area contributed by atoms with Crippen molar-refractivity contribution in [3.8, 4) is 0 Å². The standard InChI is InChI=1S/C14H19NO2S/c1-10-9-18-13-3-6-15(8-12(10)13)5-2-11-4-7-17-14(11)16/h9,11H,2-8H2,1H3. The average molecular weight is 265 g/mol. The minimum atomic E-state index is 0.0133. The van der Waals surface area contributed by atoms with Crippen LogP contribution >= 0.6 is 11.3 Å². The summed E-state index contributed by atoms with van der Waals surface area (Å²) in [5.41, 5.74) is 2.96. The molecule has 4 heteroatoms. The van der Waals surface area contributed by atoms with Gasteiger partial charge in [0.15, 0.2) is 0 Å². The van der Waals surface area contributed by atoms with Gasteiger partial charge in [-0.2, -0.15) is 0 Å². The fourth-order valence-electron chi connectivity index (χ4n) is 2.84. The maximum Gasteiger partial charge on any atom is 0.309 e. The van der Waals surface area contributed by atoms with Crippen LogP contribution in [0.25, 0.3) is 0 Å². The summed E-state index contributed by atoms with van der Waals surface area (Å²) in [5, 5.41) is 2.27. The first-order valence-electron chi connectivity index (χ1n) is 6.69. The number of hydrogen-bond donors (Lipinski definition) is 0. The average Bonchev–Trinajstić information content (AvgIpc) is 2.94. The van der Waals surface area contributed by atoms with Gasteiger partial charge >= 0.3 is 5.97 Å². The molecule has 0 amide bonds. The van der Waals surface area contributed by atoms with Crippen molar-refractivity contribution in [3.05, 3.63) is 21.4 Å². The fraction of sp³-hybridized carbons (Fsp3) is 0.643. The van der Waals surface area contributed by atoms with Gasteiger partial charge in [-0.3, -0.25) is 9.69 Å². The summed E-state index contributed by atoms with van der Waals surface area (Å²) in [7, 11) is 0. The third-order valence-electron chi connectivity index (χ3n) is 4.07. The Labute approximate surface area is 112 Å². The van der Waals surface area contributed by atoms with Crippen LogP contribution in [0.15, 0.2) is 5.38 Å². The molecular formula is C14H19NO2S. The summed E-state index contributed by atoms with van der Waals surface area (Å²) in [5.74, 6) is 0.161. The van der Waals surface area contributed by atoms with Gasteiger partial charge in [0.2, 0.25) is 0 Å². The maximum atomic E-state index is 11.4. The van der Waals surface area contributed by atoms with E-state index in [0.717, 1.165) is 32.5 Å². The van der Waals surface area contributed by atoms with E-state index < -0.39 is 0 Å². The van der Waals surface area contributed by atoms with Crippen LogP contribution in [0.1, 0.15) is 28.8 Å². The molecule has 2 aliphatic rings. The van der Waals surface area contributed by atoms with E-state index >= 15 is 0 Å².